The minimum atomic E-state index is -0.515. The zero-order valence-electron chi connectivity index (χ0n) is 18.5. The number of hydrogen-bond donors (Lipinski definition) is 4. The van der Waals surface area contributed by atoms with E-state index in [1.54, 1.807) is 0 Å². The predicted molar refractivity (Wildman–Crippen MR) is 114 cm³/mol. The first kappa shape index (κ1) is 23.2. The van der Waals surface area contributed by atoms with Crippen LogP contribution >= 0.6 is 0 Å². The molecule has 0 saturated heterocycles. The van der Waals surface area contributed by atoms with Crippen LogP contribution in [0.15, 0.2) is 23.8 Å². The summed E-state index contributed by atoms with van der Waals surface area (Å²) in [6, 6.07) is 0. The lowest BCUT2D eigenvalue weighted by Gasteiger charge is -2.59. The third-order valence-corrected chi connectivity index (χ3v) is 8.44. The number of carbonyl (C=O) groups excluding carboxylic acids is 2. The van der Waals surface area contributed by atoms with Gasteiger partial charge in [0.1, 0.15) is 6.61 Å². The molecule has 3 fully saturated rings. The number of allylic oxidation sites excluding steroid dienone is 2. The van der Waals surface area contributed by atoms with E-state index in [2.05, 4.69) is 32.6 Å². The van der Waals surface area contributed by atoms with E-state index >= 15 is 0 Å². The number of aliphatic hydroxyl groups excluding tert-OH is 3. The van der Waals surface area contributed by atoms with E-state index in [0.29, 0.717) is 18.3 Å². The number of primary amides is 1. The molecule has 3 saturated carbocycles. The monoisotopic (exact) mass is 419 g/mol. The first-order valence-corrected chi connectivity index (χ1v) is 11.1. The van der Waals surface area contributed by atoms with Crippen molar-refractivity contribution in [2.45, 2.75) is 65.6 Å². The van der Waals surface area contributed by atoms with Crippen LogP contribution in [0.1, 0.15) is 53.4 Å². The molecule has 168 valence electrons. The van der Waals surface area contributed by atoms with E-state index in [4.69, 9.17) is 0 Å². The molecule has 0 aromatic heterocycles. The van der Waals surface area contributed by atoms with Gasteiger partial charge in [0.2, 0.25) is 5.91 Å². The molecule has 4 aliphatic carbocycles. The second-order valence-corrected chi connectivity index (χ2v) is 10.4. The predicted octanol–water partition coefficient (Wildman–Crippen LogP) is 1.97. The molecule has 1 amide bonds. The lowest BCUT2D eigenvalue weighted by atomic mass is 9.46. The van der Waals surface area contributed by atoms with Crippen molar-refractivity contribution in [1.29, 1.82) is 0 Å². The quantitative estimate of drug-likeness (QED) is 0.510. The van der Waals surface area contributed by atoms with Crippen LogP contribution < -0.4 is 5.73 Å². The fourth-order valence-corrected chi connectivity index (χ4v) is 7.60. The molecule has 6 unspecified atom stereocenters. The molecule has 0 spiro atoms. The summed E-state index contributed by atoms with van der Waals surface area (Å²) in [4.78, 5) is 21.7. The molecular formula is C24H37NO5. The molecule has 0 heterocycles. The standard InChI is InChI=1S/C22H32O4.C2H5NO/c1-12-8-16-15-5-4-13-9-14(24)6-7-21(13,2)20(15)17(25)10-22(16,3)19(12)18(26)11-23;1-2(3)4/h6-7,9,12,14-17,19-20,23-25H,4-5,8,10-11H2,1-3H3;1H3,(H2,3,4)/t12?,14?,15?,16?,17-,19?,20?,21-,22-;/m0./s1. The Balaban J connectivity index is 0.000000589. The zero-order valence-corrected chi connectivity index (χ0v) is 18.5. The van der Waals surface area contributed by atoms with E-state index in [1.807, 2.05) is 12.2 Å². The van der Waals surface area contributed by atoms with Crippen LogP contribution in [0.2, 0.25) is 0 Å². The van der Waals surface area contributed by atoms with E-state index < -0.39 is 18.8 Å². The van der Waals surface area contributed by atoms with E-state index in [0.717, 1.165) is 19.3 Å². The molecule has 0 aliphatic heterocycles. The Morgan fingerprint density at radius 1 is 1.27 bits per heavy atom. The highest BCUT2D eigenvalue weighted by atomic mass is 16.3. The molecule has 9 atom stereocenters. The van der Waals surface area contributed by atoms with Crippen molar-refractivity contribution in [3.63, 3.8) is 0 Å². The van der Waals surface area contributed by atoms with E-state index in [1.165, 1.54) is 12.5 Å². The number of fused-ring (bicyclic) bond motifs is 5. The van der Waals surface area contributed by atoms with Gasteiger partial charge in [-0.25, -0.2) is 0 Å². The summed E-state index contributed by atoms with van der Waals surface area (Å²) in [5.41, 5.74) is 5.30. The van der Waals surface area contributed by atoms with Gasteiger partial charge >= 0.3 is 0 Å². The Kier molecular flexibility index (Phi) is 6.34. The molecule has 5 N–H and O–H groups in total. The maximum atomic E-state index is 12.5. The van der Waals surface area contributed by atoms with Crippen LogP contribution in [-0.2, 0) is 9.59 Å². The lowest BCUT2D eigenvalue weighted by Crippen LogP contribution is -2.56. The smallest absolute Gasteiger partial charge is 0.214 e. The van der Waals surface area contributed by atoms with Gasteiger partial charge in [-0.3, -0.25) is 9.59 Å². The number of ketones is 1. The average molecular weight is 420 g/mol. The third kappa shape index (κ3) is 3.67. The molecular weight excluding hydrogens is 382 g/mol. The summed E-state index contributed by atoms with van der Waals surface area (Å²) in [6.45, 7) is 7.42. The van der Waals surface area contributed by atoms with Crippen molar-refractivity contribution in [3.05, 3.63) is 23.8 Å². The number of rotatable bonds is 2. The van der Waals surface area contributed by atoms with Crippen LogP contribution in [0.4, 0.5) is 0 Å². The molecule has 0 aromatic carbocycles. The second-order valence-electron chi connectivity index (χ2n) is 10.4. The number of hydrogen-bond acceptors (Lipinski definition) is 5. The van der Waals surface area contributed by atoms with Gasteiger partial charge in [-0.1, -0.05) is 44.6 Å². The van der Waals surface area contributed by atoms with Gasteiger partial charge < -0.3 is 21.1 Å². The second kappa shape index (κ2) is 8.21. The Bertz CT molecular complexity index is 757. The van der Waals surface area contributed by atoms with Crippen molar-refractivity contribution in [3.8, 4) is 0 Å². The molecule has 6 nitrogen and oxygen atoms in total. The first-order chi connectivity index (χ1) is 14.0. The molecule has 4 rings (SSSR count). The van der Waals surface area contributed by atoms with Crippen LogP contribution in [0.3, 0.4) is 0 Å². The third-order valence-electron chi connectivity index (χ3n) is 8.44. The van der Waals surface area contributed by atoms with Crippen molar-refractivity contribution in [2.75, 3.05) is 6.61 Å². The van der Waals surface area contributed by atoms with Gasteiger partial charge in [-0.15, -0.1) is 0 Å². The Morgan fingerprint density at radius 2 is 1.90 bits per heavy atom. The van der Waals surface area contributed by atoms with Gasteiger partial charge in [-0.2, -0.15) is 0 Å². The zero-order chi connectivity index (χ0) is 22.4. The summed E-state index contributed by atoms with van der Waals surface area (Å²) >= 11 is 0. The summed E-state index contributed by atoms with van der Waals surface area (Å²) in [7, 11) is 0. The Labute approximate surface area is 179 Å². The van der Waals surface area contributed by atoms with E-state index in [9.17, 15) is 24.9 Å². The Hall–Kier alpha value is -1.50. The van der Waals surface area contributed by atoms with Gasteiger partial charge in [0.15, 0.2) is 5.78 Å². The lowest BCUT2D eigenvalue weighted by molar-refractivity contribution is -0.142. The fraction of sp³-hybridized carbons (Fsp3) is 0.750. The van der Waals surface area contributed by atoms with Gasteiger partial charge in [0.05, 0.1) is 12.2 Å². The number of carbonyl (C=O) groups is 2. The molecule has 0 bridgehead atoms. The van der Waals surface area contributed by atoms with Crippen molar-refractivity contribution in [2.24, 2.45) is 46.2 Å². The molecule has 30 heavy (non-hydrogen) atoms. The average Bonchev–Trinajstić information content (AvgIpc) is 2.90. The maximum absolute atomic E-state index is 12.5. The molecule has 6 heteroatoms. The maximum Gasteiger partial charge on any atom is 0.214 e. The van der Waals surface area contributed by atoms with Crippen molar-refractivity contribution in [1.82, 2.24) is 0 Å². The highest BCUT2D eigenvalue weighted by molar-refractivity contribution is 5.83. The van der Waals surface area contributed by atoms with Crippen LogP contribution in [0, 0.1) is 40.4 Å². The van der Waals surface area contributed by atoms with Crippen molar-refractivity contribution < 1.29 is 24.9 Å². The number of nitrogens with two attached hydrogens (primary N) is 1. The van der Waals surface area contributed by atoms with Gasteiger partial charge in [0, 0.05) is 24.2 Å². The minimum absolute atomic E-state index is 0.0589. The largest absolute Gasteiger partial charge is 0.393 e. The SMILES string of the molecule is CC(N)=O.CC1CC2C3CCC4=CC(O)C=C[C@]4(C)C3[C@@H](O)C[C@]2(C)C1C(=O)CO. The van der Waals surface area contributed by atoms with Gasteiger partial charge in [-0.05, 0) is 48.9 Å². The summed E-state index contributed by atoms with van der Waals surface area (Å²) < 4.78 is 0. The molecule has 0 aromatic rings. The van der Waals surface area contributed by atoms with Crippen molar-refractivity contribution >= 4 is 11.7 Å². The first-order valence-electron chi connectivity index (χ1n) is 11.1. The fourth-order valence-electron chi connectivity index (χ4n) is 7.60. The van der Waals surface area contributed by atoms with Crippen LogP contribution in [0.25, 0.3) is 0 Å². The molecule has 4 aliphatic rings. The normalized spacial score (nSPS) is 46.5. The number of Topliss-reactive ketones (excluding diaryl/α,β-unsaturated/α-hetero) is 1. The highest BCUT2D eigenvalue weighted by Crippen LogP contribution is 2.67. The highest BCUT2D eigenvalue weighted by Gasteiger charge is 2.64. The van der Waals surface area contributed by atoms with Crippen LogP contribution in [0.5, 0.6) is 0 Å². The molecule has 0 radical (unpaired) electrons. The number of amides is 1. The summed E-state index contributed by atoms with van der Waals surface area (Å²) in [5, 5.41) is 30.7. The summed E-state index contributed by atoms with van der Waals surface area (Å²) in [5.74, 6) is 0.635. The Morgan fingerprint density at radius 3 is 2.50 bits per heavy atom. The van der Waals surface area contributed by atoms with E-state index in [-0.39, 0.29) is 40.3 Å². The van der Waals surface area contributed by atoms with Gasteiger partial charge in [0.25, 0.3) is 0 Å². The number of aliphatic hydroxyl groups is 3. The topological polar surface area (TPSA) is 121 Å². The van der Waals surface area contributed by atoms with Crippen LogP contribution in [-0.4, -0.2) is 45.8 Å². The minimum Gasteiger partial charge on any atom is -0.393 e. The summed E-state index contributed by atoms with van der Waals surface area (Å²) in [6.07, 6.45) is 8.54.